The Morgan fingerprint density at radius 1 is 1.35 bits per heavy atom. The molecule has 0 bridgehead atoms. The zero-order chi connectivity index (χ0) is 12.4. The molecule has 17 heavy (non-hydrogen) atoms. The third kappa shape index (κ3) is 2.50. The summed E-state index contributed by atoms with van der Waals surface area (Å²) in [6.45, 7) is 1.82. The lowest BCUT2D eigenvalue weighted by molar-refractivity contribution is -0.107. The zero-order valence-electron chi connectivity index (χ0n) is 8.98. The summed E-state index contributed by atoms with van der Waals surface area (Å²) in [6.07, 6.45) is 0.821. The smallest absolute Gasteiger partial charge is 0.171 e. The second-order valence-electron chi connectivity index (χ2n) is 3.56. The minimum absolute atomic E-state index is 0.396. The van der Waals surface area contributed by atoms with E-state index in [0.29, 0.717) is 5.76 Å². The van der Waals surface area contributed by atoms with Gasteiger partial charge in [-0.3, -0.25) is 0 Å². The molecular weight excluding hydrogens is 350 g/mol. The van der Waals surface area contributed by atoms with Crippen LogP contribution >= 0.6 is 31.9 Å². The molecule has 0 N–H and O–H groups in total. The lowest BCUT2D eigenvalue weighted by atomic mass is 10.1. The Balaban J connectivity index is 2.52. The van der Waals surface area contributed by atoms with Crippen molar-refractivity contribution >= 4 is 38.1 Å². The molecule has 1 heterocycles. The molecule has 0 aliphatic rings. The molecule has 0 amide bonds. The van der Waals surface area contributed by atoms with Crippen molar-refractivity contribution in [3.63, 3.8) is 0 Å². The van der Waals surface area contributed by atoms with E-state index in [4.69, 9.17) is 4.52 Å². The Hall–Kier alpha value is -0.940. The fraction of sp³-hybridized carbons (Fsp3) is 0.167. The average Bonchev–Trinajstić information content (AvgIpc) is 2.71. The van der Waals surface area contributed by atoms with Gasteiger partial charge in [-0.15, -0.1) is 0 Å². The number of rotatable bonds is 3. The van der Waals surface area contributed by atoms with Crippen LogP contribution < -0.4 is 0 Å². The first-order valence-electron chi connectivity index (χ1n) is 4.95. The fourth-order valence-corrected chi connectivity index (χ4v) is 2.38. The van der Waals surface area contributed by atoms with Crippen molar-refractivity contribution in [2.75, 3.05) is 0 Å². The lowest BCUT2D eigenvalue weighted by Gasteiger charge is -2.03. The molecule has 0 saturated carbocycles. The van der Waals surface area contributed by atoms with Gasteiger partial charge in [0.05, 0.1) is 5.69 Å². The first-order valence-corrected chi connectivity index (χ1v) is 6.66. The van der Waals surface area contributed by atoms with Gasteiger partial charge in [-0.2, -0.15) is 0 Å². The molecule has 1 unspecified atom stereocenters. The van der Waals surface area contributed by atoms with Crippen LogP contribution in [0.3, 0.4) is 0 Å². The number of nitrogens with zero attached hydrogens (tertiary/aromatic N) is 1. The second kappa shape index (κ2) is 5.14. The third-order valence-corrected chi connectivity index (χ3v) is 3.61. The largest absolute Gasteiger partial charge is 0.356 e. The molecular formula is C12H9Br2NO2. The number of aldehydes is 1. The normalized spacial score (nSPS) is 12.4. The topological polar surface area (TPSA) is 43.1 Å². The number of aromatic nitrogens is 1. The molecule has 0 aliphatic heterocycles. The van der Waals surface area contributed by atoms with Crippen molar-refractivity contribution in [2.24, 2.45) is 0 Å². The van der Waals surface area contributed by atoms with Crippen LogP contribution in [-0.4, -0.2) is 11.4 Å². The average molecular weight is 359 g/mol. The van der Waals surface area contributed by atoms with Gasteiger partial charge in [0.2, 0.25) is 0 Å². The number of hydrogen-bond donors (Lipinski definition) is 0. The summed E-state index contributed by atoms with van der Waals surface area (Å²) in [4.78, 5) is 10.5. The molecule has 0 fully saturated rings. The maximum absolute atomic E-state index is 10.9. The summed E-state index contributed by atoms with van der Waals surface area (Å²) in [6, 6.07) is 7.67. The van der Waals surface area contributed by atoms with Crippen molar-refractivity contribution in [3.8, 4) is 11.3 Å². The van der Waals surface area contributed by atoms with Crippen molar-refractivity contribution in [2.45, 2.75) is 11.8 Å². The quantitative estimate of drug-likeness (QED) is 0.614. The Kier molecular flexibility index (Phi) is 3.79. The van der Waals surface area contributed by atoms with Crippen molar-refractivity contribution in [3.05, 3.63) is 40.0 Å². The highest BCUT2D eigenvalue weighted by Crippen LogP contribution is 2.34. The van der Waals surface area contributed by atoms with E-state index >= 15 is 0 Å². The van der Waals surface area contributed by atoms with Crippen LogP contribution in [0.15, 0.2) is 33.3 Å². The molecule has 5 heteroatoms. The van der Waals surface area contributed by atoms with Gasteiger partial charge in [-0.05, 0) is 19.1 Å². The van der Waals surface area contributed by atoms with Gasteiger partial charge < -0.3 is 9.32 Å². The minimum atomic E-state index is -0.396. The number of aryl methyl sites for hydroxylation is 1. The molecule has 1 aromatic carbocycles. The number of halogens is 2. The predicted octanol–water partition coefficient (Wildman–Crippen LogP) is 4.05. The maximum Gasteiger partial charge on any atom is 0.171 e. The van der Waals surface area contributed by atoms with Gasteiger partial charge in [0, 0.05) is 15.6 Å². The van der Waals surface area contributed by atoms with Gasteiger partial charge >= 0.3 is 0 Å². The van der Waals surface area contributed by atoms with Gasteiger partial charge in [-0.1, -0.05) is 49.1 Å². The van der Waals surface area contributed by atoms with E-state index in [9.17, 15) is 4.79 Å². The molecule has 0 aliphatic carbocycles. The van der Waals surface area contributed by atoms with E-state index in [1.807, 2.05) is 31.2 Å². The molecule has 88 valence electrons. The number of carbonyl (C=O) groups excluding carboxylic acids is 1. The van der Waals surface area contributed by atoms with Crippen molar-refractivity contribution in [1.82, 2.24) is 5.16 Å². The highest BCUT2D eigenvalue weighted by atomic mass is 79.9. The number of benzene rings is 1. The van der Waals surface area contributed by atoms with Crippen molar-refractivity contribution in [1.29, 1.82) is 0 Å². The first kappa shape index (κ1) is 12.5. The number of carbonyl (C=O) groups is 1. The Labute approximate surface area is 115 Å². The Bertz CT molecular complexity index is 534. The SMILES string of the molecule is Cc1noc(-c2ccc(Br)cc2)c1C(Br)C=O. The maximum atomic E-state index is 10.9. The summed E-state index contributed by atoms with van der Waals surface area (Å²) in [5.74, 6) is 0.629. The lowest BCUT2D eigenvalue weighted by Crippen LogP contribution is -1.94. The highest BCUT2D eigenvalue weighted by molar-refractivity contribution is 9.10. The summed E-state index contributed by atoms with van der Waals surface area (Å²) in [7, 11) is 0. The predicted molar refractivity (Wildman–Crippen MR) is 72.1 cm³/mol. The van der Waals surface area contributed by atoms with Gasteiger partial charge in [0.15, 0.2) is 5.76 Å². The van der Waals surface area contributed by atoms with Gasteiger partial charge in [0.25, 0.3) is 0 Å². The number of hydrogen-bond acceptors (Lipinski definition) is 3. The summed E-state index contributed by atoms with van der Waals surface area (Å²) >= 11 is 6.67. The van der Waals surface area contributed by atoms with E-state index in [0.717, 1.165) is 27.6 Å². The van der Waals surface area contributed by atoms with Crippen LogP contribution in [0.4, 0.5) is 0 Å². The molecule has 2 rings (SSSR count). The molecule has 1 aromatic heterocycles. The van der Waals surface area contributed by atoms with E-state index in [1.165, 1.54) is 0 Å². The monoisotopic (exact) mass is 357 g/mol. The standard InChI is InChI=1S/C12H9Br2NO2/c1-7-11(10(14)6-16)12(17-15-7)8-2-4-9(13)5-3-8/h2-6,10H,1H3. The molecule has 0 radical (unpaired) electrons. The molecule has 0 spiro atoms. The molecule has 0 saturated heterocycles. The summed E-state index contributed by atoms with van der Waals surface area (Å²) < 4.78 is 6.28. The highest BCUT2D eigenvalue weighted by Gasteiger charge is 2.21. The van der Waals surface area contributed by atoms with Crippen LogP contribution in [0.5, 0.6) is 0 Å². The Morgan fingerprint density at radius 2 is 2.00 bits per heavy atom. The van der Waals surface area contributed by atoms with Crippen LogP contribution in [0, 0.1) is 6.92 Å². The van der Waals surface area contributed by atoms with E-state index in [1.54, 1.807) is 0 Å². The van der Waals surface area contributed by atoms with Crippen LogP contribution in [0.1, 0.15) is 16.1 Å². The Morgan fingerprint density at radius 3 is 2.59 bits per heavy atom. The van der Waals surface area contributed by atoms with Gasteiger partial charge in [-0.25, -0.2) is 0 Å². The first-order chi connectivity index (χ1) is 8.13. The molecule has 2 aromatic rings. The van der Waals surface area contributed by atoms with Crippen LogP contribution in [-0.2, 0) is 4.79 Å². The summed E-state index contributed by atoms with van der Waals surface area (Å²) in [5.41, 5.74) is 2.40. The van der Waals surface area contributed by atoms with Gasteiger partial charge in [0.1, 0.15) is 11.1 Å². The molecule has 1 atom stereocenters. The zero-order valence-corrected chi connectivity index (χ0v) is 12.2. The van der Waals surface area contributed by atoms with E-state index in [2.05, 4.69) is 37.0 Å². The minimum Gasteiger partial charge on any atom is -0.356 e. The fourth-order valence-electron chi connectivity index (χ4n) is 1.58. The summed E-state index contributed by atoms with van der Waals surface area (Å²) in [5, 5.41) is 3.91. The molecule has 3 nitrogen and oxygen atoms in total. The second-order valence-corrected chi connectivity index (χ2v) is 5.46. The number of alkyl halides is 1. The third-order valence-electron chi connectivity index (χ3n) is 2.41. The van der Waals surface area contributed by atoms with Crippen LogP contribution in [0.25, 0.3) is 11.3 Å². The van der Waals surface area contributed by atoms with E-state index in [-0.39, 0.29) is 0 Å². The van der Waals surface area contributed by atoms with Crippen LogP contribution in [0.2, 0.25) is 0 Å². The van der Waals surface area contributed by atoms with Crippen molar-refractivity contribution < 1.29 is 9.32 Å². The van der Waals surface area contributed by atoms with E-state index < -0.39 is 4.83 Å².